The molecule has 0 atom stereocenters. The highest BCUT2D eigenvalue weighted by atomic mass is 19.1. The number of halogens is 2. The fourth-order valence-electron chi connectivity index (χ4n) is 3.49. The first kappa shape index (κ1) is 20.3. The van der Waals surface area contributed by atoms with E-state index in [0.29, 0.717) is 21.9 Å². The second kappa shape index (κ2) is 8.02. The number of hydrogen-bond donors (Lipinski definition) is 1. The quantitative estimate of drug-likeness (QED) is 0.609. The average Bonchev–Trinajstić information content (AvgIpc) is 2.99. The summed E-state index contributed by atoms with van der Waals surface area (Å²) in [4.78, 5) is 27.3. The summed E-state index contributed by atoms with van der Waals surface area (Å²) in [5.41, 5.74) is 1.37. The van der Waals surface area contributed by atoms with Crippen LogP contribution in [0.3, 0.4) is 0 Å². The second-order valence-corrected chi connectivity index (χ2v) is 6.99. The van der Waals surface area contributed by atoms with E-state index in [2.05, 4.69) is 5.32 Å². The number of hydrogen-bond acceptors (Lipinski definition) is 4. The van der Waals surface area contributed by atoms with Gasteiger partial charge in [-0.3, -0.25) is 9.59 Å². The van der Waals surface area contributed by atoms with Crippen molar-refractivity contribution < 1.29 is 23.1 Å². The predicted octanol–water partition coefficient (Wildman–Crippen LogP) is 4.68. The van der Waals surface area contributed by atoms with E-state index in [0.717, 1.165) is 23.8 Å². The third-order valence-electron chi connectivity index (χ3n) is 4.90. The Morgan fingerprint density at radius 1 is 0.903 bits per heavy atom. The molecule has 2 amide bonds. The Hall–Kier alpha value is -4.00. The van der Waals surface area contributed by atoms with E-state index in [4.69, 9.17) is 4.74 Å². The number of carbonyl (C=O) groups excluding carboxylic acids is 2. The van der Waals surface area contributed by atoms with Gasteiger partial charge in [-0.2, -0.15) is 0 Å². The summed E-state index contributed by atoms with van der Waals surface area (Å²) in [6.45, 7) is 1.89. The van der Waals surface area contributed by atoms with Gasteiger partial charge in [-0.15, -0.1) is 0 Å². The number of anilines is 2. The summed E-state index contributed by atoms with van der Waals surface area (Å²) < 4.78 is 33.7. The fraction of sp³-hybridized carbons (Fsp3) is 0.0833. The van der Waals surface area contributed by atoms with Gasteiger partial charge >= 0.3 is 0 Å². The highest BCUT2D eigenvalue weighted by Crippen LogP contribution is 2.38. The highest BCUT2D eigenvalue weighted by Gasteiger charge is 2.42. The van der Waals surface area contributed by atoms with Crippen molar-refractivity contribution in [2.75, 3.05) is 17.3 Å². The number of para-hydroxylation sites is 1. The largest absolute Gasteiger partial charge is 0.496 e. The molecule has 0 bridgehead atoms. The molecule has 1 aliphatic rings. The first-order valence-electron chi connectivity index (χ1n) is 9.46. The molecule has 3 aromatic carbocycles. The number of ether oxygens (including phenoxy) is 1. The zero-order valence-corrected chi connectivity index (χ0v) is 16.8. The van der Waals surface area contributed by atoms with Crippen molar-refractivity contribution in [3.8, 4) is 5.75 Å². The van der Waals surface area contributed by atoms with Gasteiger partial charge in [0.2, 0.25) is 0 Å². The maximum Gasteiger partial charge on any atom is 0.282 e. The number of amides is 2. The van der Waals surface area contributed by atoms with Crippen molar-refractivity contribution in [2.24, 2.45) is 0 Å². The van der Waals surface area contributed by atoms with Gasteiger partial charge in [0.05, 0.1) is 18.4 Å². The van der Waals surface area contributed by atoms with Crippen LogP contribution in [0.4, 0.5) is 20.2 Å². The molecule has 1 aliphatic heterocycles. The zero-order chi connectivity index (χ0) is 22.1. The van der Waals surface area contributed by atoms with Crippen molar-refractivity contribution in [3.05, 3.63) is 95.2 Å². The van der Waals surface area contributed by atoms with Gasteiger partial charge in [0.1, 0.15) is 23.1 Å². The lowest BCUT2D eigenvalue weighted by Crippen LogP contribution is -2.33. The van der Waals surface area contributed by atoms with Gasteiger partial charge in [0.25, 0.3) is 11.8 Å². The molecule has 0 spiro atoms. The third kappa shape index (κ3) is 3.66. The molecule has 0 unspecified atom stereocenters. The SMILES string of the molecule is COc1ccccc1C1=C(Nc2cccc(C)c2)C(=O)N(c2cc(F)ccc2F)C1=O. The Morgan fingerprint density at radius 2 is 1.68 bits per heavy atom. The van der Waals surface area contributed by atoms with Gasteiger partial charge in [-0.25, -0.2) is 13.7 Å². The van der Waals surface area contributed by atoms with E-state index >= 15 is 0 Å². The van der Waals surface area contributed by atoms with Crippen LogP contribution in [0.2, 0.25) is 0 Å². The van der Waals surface area contributed by atoms with Crippen LogP contribution in [-0.2, 0) is 9.59 Å². The molecule has 7 heteroatoms. The van der Waals surface area contributed by atoms with E-state index in [1.807, 2.05) is 13.0 Å². The van der Waals surface area contributed by atoms with Crippen LogP contribution in [-0.4, -0.2) is 18.9 Å². The predicted molar refractivity (Wildman–Crippen MR) is 114 cm³/mol. The smallest absolute Gasteiger partial charge is 0.282 e. The van der Waals surface area contributed by atoms with Gasteiger partial charge < -0.3 is 10.1 Å². The van der Waals surface area contributed by atoms with Crippen LogP contribution in [0.15, 0.2) is 72.4 Å². The van der Waals surface area contributed by atoms with E-state index in [9.17, 15) is 18.4 Å². The van der Waals surface area contributed by atoms with Crippen molar-refractivity contribution in [1.82, 2.24) is 0 Å². The van der Waals surface area contributed by atoms with Gasteiger partial charge in [0.15, 0.2) is 0 Å². The molecule has 0 aliphatic carbocycles. The molecule has 156 valence electrons. The average molecular weight is 420 g/mol. The van der Waals surface area contributed by atoms with E-state index < -0.39 is 29.1 Å². The van der Waals surface area contributed by atoms with Crippen molar-refractivity contribution in [2.45, 2.75) is 6.92 Å². The highest BCUT2D eigenvalue weighted by molar-refractivity contribution is 6.46. The number of carbonyl (C=O) groups is 2. The number of aryl methyl sites for hydroxylation is 1. The molecule has 1 N–H and O–H groups in total. The Bertz CT molecular complexity index is 1240. The molecule has 31 heavy (non-hydrogen) atoms. The van der Waals surface area contributed by atoms with Crippen LogP contribution in [0, 0.1) is 18.6 Å². The second-order valence-electron chi connectivity index (χ2n) is 6.99. The number of benzene rings is 3. The summed E-state index contributed by atoms with van der Waals surface area (Å²) in [7, 11) is 1.44. The van der Waals surface area contributed by atoms with Crippen molar-refractivity contribution in [3.63, 3.8) is 0 Å². The standard InChI is InChI=1S/C24H18F2N2O3/c1-14-6-5-7-16(12-14)27-22-21(17-8-3-4-9-20(17)31-2)23(29)28(24(22)30)19-13-15(25)10-11-18(19)26/h3-13,27H,1-2H3. The lowest BCUT2D eigenvalue weighted by molar-refractivity contribution is -0.120. The van der Waals surface area contributed by atoms with E-state index in [1.165, 1.54) is 7.11 Å². The van der Waals surface area contributed by atoms with Crippen LogP contribution in [0.25, 0.3) is 5.57 Å². The molecule has 0 saturated heterocycles. The van der Waals surface area contributed by atoms with Crippen molar-refractivity contribution >= 4 is 28.8 Å². The lowest BCUT2D eigenvalue weighted by Gasteiger charge is -2.16. The molecular formula is C24H18F2N2O3. The zero-order valence-electron chi connectivity index (χ0n) is 16.8. The third-order valence-corrected chi connectivity index (χ3v) is 4.90. The Balaban J connectivity index is 1.90. The summed E-state index contributed by atoms with van der Waals surface area (Å²) in [5.74, 6) is -2.87. The Labute approximate surface area is 177 Å². The minimum atomic E-state index is -0.890. The monoisotopic (exact) mass is 420 g/mol. The first-order chi connectivity index (χ1) is 14.9. The Kier molecular flexibility index (Phi) is 5.25. The van der Waals surface area contributed by atoms with E-state index in [1.54, 1.807) is 42.5 Å². The van der Waals surface area contributed by atoms with Crippen molar-refractivity contribution in [1.29, 1.82) is 0 Å². The van der Waals surface area contributed by atoms with Crippen LogP contribution in [0.1, 0.15) is 11.1 Å². The molecule has 0 aromatic heterocycles. The first-order valence-corrected chi connectivity index (χ1v) is 9.46. The number of imide groups is 1. The number of nitrogens with one attached hydrogen (secondary N) is 1. The minimum absolute atomic E-state index is 0.00705. The minimum Gasteiger partial charge on any atom is -0.496 e. The maximum absolute atomic E-state index is 14.5. The molecule has 4 rings (SSSR count). The molecular weight excluding hydrogens is 402 g/mol. The topological polar surface area (TPSA) is 58.6 Å². The number of rotatable bonds is 5. The molecule has 0 fully saturated rings. The van der Waals surface area contributed by atoms with E-state index in [-0.39, 0.29) is 11.3 Å². The summed E-state index contributed by atoms with van der Waals surface area (Å²) in [5, 5.41) is 2.99. The molecule has 0 saturated carbocycles. The number of methoxy groups -OCH3 is 1. The molecule has 0 radical (unpaired) electrons. The summed E-state index contributed by atoms with van der Waals surface area (Å²) in [6.07, 6.45) is 0. The maximum atomic E-state index is 14.5. The summed E-state index contributed by atoms with van der Waals surface area (Å²) >= 11 is 0. The molecule has 5 nitrogen and oxygen atoms in total. The van der Waals surface area contributed by atoms with Gasteiger partial charge in [0, 0.05) is 17.3 Å². The normalized spacial score (nSPS) is 13.7. The van der Waals surface area contributed by atoms with Crippen LogP contribution >= 0.6 is 0 Å². The summed E-state index contributed by atoms with van der Waals surface area (Å²) in [6, 6.07) is 16.5. The number of nitrogens with zero attached hydrogens (tertiary/aromatic N) is 1. The molecule has 3 aromatic rings. The van der Waals surface area contributed by atoms with Gasteiger partial charge in [-0.1, -0.05) is 30.3 Å². The fourth-order valence-corrected chi connectivity index (χ4v) is 3.49. The molecule has 1 heterocycles. The van der Waals surface area contributed by atoms with Gasteiger partial charge in [-0.05, 0) is 42.8 Å². The lowest BCUT2D eigenvalue weighted by atomic mass is 10.0. The Morgan fingerprint density at radius 3 is 2.42 bits per heavy atom. The van der Waals surface area contributed by atoms with Crippen LogP contribution < -0.4 is 15.0 Å². The van der Waals surface area contributed by atoms with Crippen LogP contribution in [0.5, 0.6) is 5.75 Å².